The van der Waals surface area contributed by atoms with Crippen molar-refractivity contribution in [2.75, 3.05) is 14.1 Å². The standard InChI is InChI=1S/C20H25N2S2/c1-22(2)16-7-8-17(22)12-15(11-16)13-20(14-21,18-5-3-9-23-18)19-6-4-10-24-19/h3-6,9-10,15-17H,7-8,11-13H2,1-2H3/q+1/t16-,17-/m0/s1. The Labute approximate surface area is 152 Å². The minimum absolute atomic E-state index is 0.444. The predicted molar refractivity (Wildman–Crippen MR) is 101 cm³/mol. The van der Waals surface area contributed by atoms with Crippen LogP contribution in [0, 0.1) is 17.2 Å². The maximum absolute atomic E-state index is 10.3. The molecule has 2 nitrogen and oxygen atoms in total. The maximum Gasteiger partial charge on any atom is 0.126 e. The first-order valence-corrected chi connectivity index (χ1v) is 10.6. The Morgan fingerprint density at radius 2 is 1.62 bits per heavy atom. The zero-order valence-corrected chi connectivity index (χ0v) is 16.1. The number of thiophene rings is 2. The molecule has 0 aromatic carbocycles. The Kier molecular flexibility index (Phi) is 4.07. The lowest BCUT2D eigenvalue weighted by atomic mass is 9.73. The molecule has 2 atom stereocenters. The summed E-state index contributed by atoms with van der Waals surface area (Å²) in [6.45, 7) is 0. The Morgan fingerprint density at radius 1 is 1.08 bits per heavy atom. The highest BCUT2D eigenvalue weighted by molar-refractivity contribution is 7.11. The van der Waals surface area contributed by atoms with Crippen LogP contribution in [0.3, 0.4) is 0 Å². The molecule has 0 amide bonds. The van der Waals surface area contributed by atoms with E-state index in [1.54, 1.807) is 22.7 Å². The molecule has 24 heavy (non-hydrogen) atoms. The third kappa shape index (κ3) is 2.45. The summed E-state index contributed by atoms with van der Waals surface area (Å²) in [4.78, 5) is 2.44. The summed E-state index contributed by atoms with van der Waals surface area (Å²) >= 11 is 3.48. The molecular weight excluding hydrogens is 332 g/mol. The van der Waals surface area contributed by atoms with Gasteiger partial charge in [0.15, 0.2) is 0 Å². The highest BCUT2D eigenvalue weighted by Crippen LogP contribution is 2.49. The van der Waals surface area contributed by atoms with E-state index in [0.29, 0.717) is 5.92 Å². The molecule has 4 rings (SSSR count). The molecule has 2 saturated heterocycles. The van der Waals surface area contributed by atoms with Crippen molar-refractivity contribution in [2.45, 2.75) is 49.6 Å². The van der Waals surface area contributed by atoms with Crippen LogP contribution in [0.2, 0.25) is 0 Å². The number of piperidine rings is 1. The van der Waals surface area contributed by atoms with Gasteiger partial charge in [0, 0.05) is 35.4 Å². The van der Waals surface area contributed by atoms with Crippen molar-refractivity contribution < 1.29 is 4.48 Å². The molecule has 0 spiro atoms. The normalized spacial score (nSPS) is 28.6. The molecule has 2 aromatic heterocycles. The predicted octanol–water partition coefficient (Wildman–Crippen LogP) is 5.03. The number of nitriles is 1. The van der Waals surface area contributed by atoms with Gasteiger partial charge >= 0.3 is 0 Å². The molecule has 4 heteroatoms. The van der Waals surface area contributed by atoms with Crippen molar-refractivity contribution in [2.24, 2.45) is 5.92 Å². The summed E-state index contributed by atoms with van der Waals surface area (Å²) in [6.07, 6.45) is 6.28. The highest BCUT2D eigenvalue weighted by Gasteiger charge is 2.51. The van der Waals surface area contributed by atoms with Crippen LogP contribution in [-0.2, 0) is 5.41 Å². The minimum Gasteiger partial charge on any atom is -0.324 e. The van der Waals surface area contributed by atoms with E-state index in [-0.39, 0.29) is 0 Å². The Hall–Kier alpha value is -1.15. The molecule has 2 aliphatic rings. The monoisotopic (exact) mass is 357 g/mol. The molecule has 2 aromatic rings. The second kappa shape index (κ2) is 5.98. The van der Waals surface area contributed by atoms with E-state index in [4.69, 9.17) is 0 Å². The van der Waals surface area contributed by atoms with Crippen molar-refractivity contribution in [3.8, 4) is 6.07 Å². The largest absolute Gasteiger partial charge is 0.324 e. The minimum atomic E-state index is -0.444. The van der Waals surface area contributed by atoms with E-state index >= 15 is 0 Å². The first kappa shape index (κ1) is 16.3. The van der Waals surface area contributed by atoms with Crippen LogP contribution in [0.1, 0.15) is 41.9 Å². The van der Waals surface area contributed by atoms with Gasteiger partial charge in [-0.15, -0.1) is 22.7 Å². The molecule has 0 aliphatic carbocycles. The molecule has 126 valence electrons. The third-order valence-corrected chi connectivity index (χ3v) is 8.66. The van der Waals surface area contributed by atoms with Gasteiger partial charge in [0.1, 0.15) is 5.41 Å². The number of nitrogens with zero attached hydrogens (tertiary/aromatic N) is 2. The topological polar surface area (TPSA) is 23.8 Å². The van der Waals surface area contributed by atoms with Crippen LogP contribution in [0.5, 0.6) is 0 Å². The molecule has 2 fully saturated rings. The zero-order chi connectivity index (χ0) is 16.8. The van der Waals surface area contributed by atoms with E-state index in [2.05, 4.69) is 55.2 Å². The fraction of sp³-hybridized carbons (Fsp3) is 0.550. The van der Waals surface area contributed by atoms with Gasteiger partial charge in [0.05, 0.1) is 32.2 Å². The lowest BCUT2D eigenvalue weighted by Crippen LogP contribution is -2.55. The first-order valence-electron chi connectivity index (χ1n) is 8.89. The molecule has 0 saturated carbocycles. The van der Waals surface area contributed by atoms with E-state index in [1.165, 1.54) is 39.9 Å². The van der Waals surface area contributed by atoms with Crippen molar-refractivity contribution in [1.29, 1.82) is 5.26 Å². The van der Waals surface area contributed by atoms with Crippen molar-refractivity contribution in [1.82, 2.24) is 0 Å². The van der Waals surface area contributed by atoms with E-state index in [0.717, 1.165) is 18.5 Å². The van der Waals surface area contributed by atoms with Gasteiger partial charge in [-0.25, -0.2) is 0 Å². The van der Waals surface area contributed by atoms with Gasteiger partial charge in [-0.1, -0.05) is 12.1 Å². The first-order chi connectivity index (χ1) is 11.6. The lowest BCUT2D eigenvalue weighted by molar-refractivity contribution is -0.931. The van der Waals surface area contributed by atoms with Gasteiger partial charge in [0.25, 0.3) is 0 Å². The zero-order valence-electron chi connectivity index (χ0n) is 14.4. The van der Waals surface area contributed by atoms with Crippen molar-refractivity contribution >= 4 is 22.7 Å². The van der Waals surface area contributed by atoms with E-state index in [9.17, 15) is 5.26 Å². The van der Waals surface area contributed by atoms with E-state index in [1.807, 2.05) is 0 Å². The molecule has 0 N–H and O–H groups in total. The van der Waals surface area contributed by atoms with Crippen molar-refractivity contribution in [3.63, 3.8) is 0 Å². The number of fused-ring (bicyclic) bond motifs is 2. The Balaban J connectivity index is 1.66. The Morgan fingerprint density at radius 3 is 2.04 bits per heavy atom. The third-order valence-electron chi connectivity index (χ3n) is 6.60. The lowest BCUT2D eigenvalue weighted by Gasteiger charge is -2.45. The summed E-state index contributed by atoms with van der Waals surface area (Å²) in [5.74, 6) is 0.664. The van der Waals surface area contributed by atoms with Gasteiger partial charge in [-0.3, -0.25) is 0 Å². The maximum atomic E-state index is 10.3. The van der Waals surface area contributed by atoms with Crippen LogP contribution < -0.4 is 0 Å². The van der Waals surface area contributed by atoms with Gasteiger partial charge in [-0.2, -0.15) is 5.26 Å². The van der Waals surface area contributed by atoms with Gasteiger partial charge in [0.2, 0.25) is 0 Å². The van der Waals surface area contributed by atoms with Crippen LogP contribution >= 0.6 is 22.7 Å². The van der Waals surface area contributed by atoms with Crippen molar-refractivity contribution in [3.05, 3.63) is 44.8 Å². The fourth-order valence-electron chi connectivity index (χ4n) is 5.11. The van der Waals surface area contributed by atoms with Crippen LogP contribution in [0.15, 0.2) is 35.0 Å². The average molecular weight is 358 g/mol. The molecule has 2 aliphatic heterocycles. The second-order valence-corrected chi connectivity index (χ2v) is 9.92. The quantitative estimate of drug-likeness (QED) is 0.704. The van der Waals surface area contributed by atoms with Gasteiger partial charge < -0.3 is 4.48 Å². The number of rotatable bonds is 4. The second-order valence-electron chi connectivity index (χ2n) is 8.03. The summed E-state index contributed by atoms with van der Waals surface area (Å²) in [7, 11) is 4.82. The molecule has 0 radical (unpaired) electrons. The SMILES string of the molecule is C[N+]1(C)[C@H]2CC[C@H]1CC(CC(C#N)(c1cccs1)c1cccs1)C2. The van der Waals surface area contributed by atoms with Crippen LogP contribution in [-0.4, -0.2) is 30.7 Å². The average Bonchev–Trinajstić information content (AvgIpc) is 3.28. The highest BCUT2D eigenvalue weighted by atomic mass is 32.1. The summed E-state index contributed by atoms with van der Waals surface area (Å²) in [6, 6.07) is 12.8. The molecular formula is C20H25N2S2+. The summed E-state index contributed by atoms with van der Waals surface area (Å²) < 4.78 is 1.20. The van der Waals surface area contributed by atoms with Gasteiger partial charge in [-0.05, 0) is 35.2 Å². The van der Waals surface area contributed by atoms with E-state index < -0.39 is 5.41 Å². The molecule has 4 heterocycles. The smallest absolute Gasteiger partial charge is 0.126 e. The summed E-state index contributed by atoms with van der Waals surface area (Å²) in [5, 5.41) is 14.5. The number of quaternary nitrogens is 1. The van der Waals surface area contributed by atoms with Crippen LogP contribution in [0.4, 0.5) is 0 Å². The molecule has 0 unspecified atom stereocenters. The molecule has 2 bridgehead atoms. The number of hydrogen-bond donors (Lipinski definition) is 0. The number of hydrogen-bond acceptors (Lipinski definition) is 3. The summed E-state index contributed by atoms with van der Waals surface area (Å²) in [5.41, 5.74) is -0.444. The van der Waals surface area contributed by atoms with Crippen LogP contribution in [0.25, 0.3) is 0 Å². The fourth-order valence-corrected chi connectivity index (χ4v) is 6.98. The Bertz CT molecular complexity index is 674.